The first kappa shape index (κ1) is 8.68. The second kappa shape index (κ2) is 3.10. The van der Waals surface area contributed by atoms with Crippen LogP contribution in [0.25, 0.3) is 5.95 Å². The third kappa shape index (κ3) is 1.22. The van der Waals surface area contributed by atoms with Gasteiger partial charge in [0.2, 0.25) is 0 Å². The van der Waals surface area contributed by atoms with Crippen LogP contribution in [-0.2, 0) is 0 Å². The van der Waals surface area contributed by atoms with Crippen molar-refractivity contribution in [3.63, 3.8) is 0 Å². The first-order chi connectivity index (χ1) is 6.70. The zero-order valence-electron chi connectivity index (χ0n) is 8.10. The van der Waals surface area contributed by atoms with Gasteiger partial charge in [0.1, 0.15) is 0 Å². The Morgan fingerprint density at radius 2 is 1.86 bits per heavy atom. The number of nitrogens with two attached hydrogens (primary N) is 1. The first-order valence-electron chi connectivity index (χ1n) is 4.29. The number of nitrogens with zero attached hydrogens (tertiary/aromatic N) is 4. The highest BCUT2D eigenvalue weighted by Gasteiger charge is 2.10. The number of hydrogen-bond donors (Lipinski definition) is 1. The molecule has 2 heterocycles. The van der Waals surface area contributed by atoms with Crippen molar-refractivity contribution in [3.05, 3.63) is 29.8 Å². The molecule has 5 nitrogen and oxygen atoms in total. The summed E-state index contributed by atoms with van der Waals surface area (Å²) in [4.78, 5) is 8.20. The fraction of sp³-hybridized carbons (Fsp3) is 0.222. The average molecular weight is 189 g/mol. The SMILES string of the molecule is Cc1nn(-c2ncccn2)c(C)c1N. The summed E-state index contributed by atoms with van der Waals surface area (Å²) in [6, 6.07) is 1.76. The van der Waals surface area contributed by atoms with Crippen LogP contribution < -0.4 is 5.73 Å². The standard InChI is InChI=1S/C9H11N5/c1-6-8(10)7(2)14(13-6)9-11-4-3-5-12-9/h3-5H,10H2,1-2H3. The maximum absolute atomic E-state index is 5.80. The molecule has 0 aromatic carbocycles. The molecule has 2 N–H and O–H groups in total. The molecule has 0 atom stereocenters. The van der Waals surface area contributed by atoms with Gasteiger partial charge in [-0.1, -0.05) is 0 Å². The highest BCUT2D eigenvalue weighted by Crippen LogP contribution is 2.16. The van der Waals surface area contributed by atoms with Gasteiger partial charge in [0.15, 0.2) is 0 Å². The fourth-order valence-corrected chi connectivity index (χ4v) is 1.25. The normalized spacial score (nSPS) is 10.4. The van der Waals surface area contributed by atoms with Crippen LogP contribution in [0.1, 0.15) is 11.4 Å². The zero-order valence-corrected chi connectivity index (χ0v) is 8.10. The Bertz CT molecular complexity index is 446. The summed E-state index contributed by atoms with van der Waals surface area (Å²) in [5, 5.41) is 4.25. The van der Waals surface area contributed by atoms with E-state index in [1.807, 2.05) is 13.8 Å². The van der Waals surface area contributed by atoms with Crippen molar-refractivity contribution >= 4 is 5.69 Å². The molecule has 0 amide bonds. The topological polar surface area (TPSA) is 69.6 Å². The summed E-state index contributed by atoms with van der Waals surface area (Å²) in [5.41, 5.74) is 8.16. The van der Waals surface area contributed by atoms with Gasteiger partial charge in [-0.05, 0) is 19.9 Å². The quantitative estimate of drug-likeness (QED) is 0.722. The summed E-state index contributed by atoms with van der Waals surface area (Å²) in [5.74, 6) is 0.546. The van der Waals surface area contributed by atoms with E-state index in [1.165, 1.54) is 0 Å². The fourth-order valence-electron chi connectivity index (χ4n) is 1.25. The summed E-state index contributed by atoms with van der Waals surface area (Å²) >= 11 is 0. The van der Waals surface area contributed by atoms with E-state index >= 15 is 0 Å². The molecule has 2 aromatic heterocycles. The monoisotopic (exact) mass is 189 g/mol. The van der Waals surface area contributed by atoms with Gasteiger partial charge < -0.3 is 5.73 Å². The molecule has 72 valence electrons. The van der Waals surface area contributed by atoms with Crippen LogP contribution in [0, 0.1) is 13.8 Å². The Balaban J connectivity index is 2.58. The number of hydrogen-bond acceptors (Lipinski definition) is 4. The maximum atomic E-state index is 5.80. The molecule has 0 aliphatic rings. The van der Waals surface area contributed by atoms with Crippen molar-refractivity contribution in [2.24, 2.45) is 0 Å². The summed E-state index contributed by atoms with van der Waals surface area (Å²) < 4.78 is 1.64. The van der Waals surface area contributed by atoms with Crippen LogP contribution in [0.4, 0.5) is 5.69 Å². The van der Waals surface area contributed by atoms with E-state index in [-0.39, 0.29) is 0 Å². The molecule has 0 saturated heterocycles. The zero-order chi connectivity index (χ0) is 10.1. The predicted octanol–water partition coefficient (Wildman–Crippen LogP) is 0.861. The van der Waals surface area contributed by atoms with Crippen molar-refractivity contribution in [1.82, 2.24) is 19.7 Å². The molecule has 0 aliphatic heterocycles. The van der Waals surface area contributed by atoms with Crippen LogP contribution >= 0.6 is 0 Å². The van der Waals surface area contributed by atoms with E-state index in [0.717, 1.165) is 11.4 Å². The van der Waals surface area contributed by atoms with Gasteiger partial charge >= 0.3 is 0 Å². The Morgan fingerprint density at radius 3 is 2.36 bits per heavy atom. The van der Waals surface area contributed by atoms with Crippen molar-refractivity contribution in [3.8, 4) is 5.95 Å². The predicted molar refractivity (Wildman–Crippen MR) is 53.0 cm³/mol. The molecule has 0 unspecified atom stereocenters. The number of aryl methyl sites for hydroxylation is 1. The summed E-state index contributed by atoms with van der Waals surface area (Å²) in [6.07, 6.45) is 3.35. The molecule has 0 spiro atoms. The lowest BCUT2D eigenvalue weighted by Gasteiger charge is -2.00. The van der Waals surface area contributed by atoms with Crippen LogP contribution in [0.2, 0.25) is 0 Å². The molecule has 5 heteroatoms. The summed E-state index contributed by atoms with van der Waals surface area (Å²) in [6.45, 7) is 3.76. The van der Waals surface area contributed by atoms with Crippen molar-refractivity contribution in [2.45, 2.75) is 13.8 Å². The van der Waals surface area contributed by atoms with Gasteiger partial charge in [0.25, 0.3) is 5.95 Å². The van der Waals surface area contributed by atoms with Crippen molar-refractivity contribution < 1.29 is 0 Å². The Labute approximate surface area is 81.6 Å². The average Bonchev–Trinajstić information content (AvgIpc) is 2.47. The van der Waals surface area contributed by atoms with Gasteiger partial charge in [-0.3, -0.25) is 0 Å². The third-order valence-electron chi connectivity index (χ3n) is 2.09. The molecule has 0 saturated carbocycles. The van der Waals surface area contributed by atoms with Gasteiger partial charge in [0.05, 0.1) is 17.1 Å². The van der Waals surface area contributed by atoms with E-state index in [9.17, 15) is 0 Å². The van der Waals surface area contributed by atoms with Crippen LogP contribution in [0.3, 0.4) is 0 Å². The number of anilines is 1. The minimum Gasteiger partial charge on any atom is -0.396 e. The number of rotatable bonds is 1. The van der Waals surface area contributed by atoms with Crippen LogP contribution in [0.15, 0.2) is 18.5 Å². The molecular weight excluding hydrogens is 178 g/mol. The Hall–Kier alpha value is -1.91. The van der Waals surface area contributed by atoms with Gasteiger partial charge in [-0.2, -0.15) is 5.10 Å². The van der Waals surface area contributed by atoms with E-state index in [1.54, 1.807) is 23.1 Å². The molecule has 0 aliphatic carbocycles. The van der Waals surface area contributed by atoms with Crippen molar-refractivity contribution in [2.75, 3.05) is 5.73 Å². The van der Waals surface area contributed by atoms with Crippen LogP contribution in [-0.4, -0.2) is 19.7 Å². The molecule has 2 aromatic rings. The molecule has 2 rings (SSSR count). The molecular formula is C9H11N5. The molecule has 0 radical (unpaired) electrons. The minimum atomic E-state index is 0.546. The smallest absolute Gasteiger partial charge is 0.250 e. The van der Waals surface area contributed by atoms with Gasteiger partial charge in [-0.15, -0.1) is 0 Å². The van der Waals surface area contributed by atoms with Crippen LogP contribution in [0.5, 0.6) is 0 Å². The van der Waals surface area contributed by atoms with E-state index < -0.39 is 0 Å². The second-order valence-corrected chi connectivity index (χ2v) is 3.05. The van der Waals surface area contributed by atoms with E-state index in [0.29, 0.717) is 11.6 Å². The Morgan fingerprint density at radius 1 is 1.21 bits per heavy atom. The van der Waals surface area contributed by atoms with Gasteiger partial charge in [0, 0.05) is 12.4 Å². The second-order valence-electron chi connectivity index (χ2n) is 3.05. The largest absolute Gasteiger partial charge is 0.396 e. The highest BCUT2D eigenvalue weighted by molar-refractivity contribution is 5.48. The van der Waals surface area contributed by atoms with E-state index in [2.05, 4.69) is 15.1 Å². The first-order valence-corrected chi connectivity index (χ1v) is 4.29. The maximum Gasteiger partial charge on any atom is 0.250 e. The highest BCUT2D eigenvalue weighted by atomic mass is 15.4. The lowest BCUT2D eigenvalue weighted by Crippen LogP contribution is -2.04. The molecule has 0 bridgehead atoms. The van der Waals surface area contributed by atoms with E-state index in [4.69, 9.17) is 5.73 Å². The Kier molecular flexibility index (Phi) is 1.92. The lowest BCUT2D eigenvalue weighted by molar-refractivity contribution is 0.774. The van der Waals surface area contributed by atoms with Gasteiger partial charge in [-0.25, -0.2) is 14.6 Å². The number of nitrogen functional groups attached to an aromatic ring is 1. The third-order valence-corrected chi connectivity index (χ3v) is 2.09. The molecule has 0 fully saturated rings. The lowest BCUT2D eigenvalue weighted by atomic mass is 10.3. The number of aromatic nitrogens is 4. The minimum absolute atomic E-state index is 0.546. The van der Waals surface area contributed by atoms with Crippen molar-refractivity contribution in [1.29, 1.82) is 0 Å². The summed E-state index contributed by atoms with van der Waals surface area (Å²) in [7, 11) is 0. The molecule has 14 heavy (non-hydrogen) atoms.